The van der Waals surface area contributed by atoms with Gasteiger partial charge < -0.3 is 24.8 Å². The van der Waals surface area contributed by atoms with Crippen LogP contribution in [0.1, 0.15) is 33.5 Å². The maximum atomic E-state index is 11.8. The van der Waals surface area contributed by atoms with Crippen LogP contribution in [0.3, 0.4) is 0 Å². The van der Waals surface area contributed by atoms with Gasteiger partial charge in [-0.1, -0.05) is 18.7 Å². The molecule has 1 unspecified atom stereocenters. The van der Waals surface area contributed by atoms with Crippen LogP contribution in [-0.4, -0.2) is 34.5 Å². The molecule has 6 nitrogen and oxygen atoms in total. The second-order valence-electron chi connectivity index (χ2n) is 5.33. The molecule has 0 amide bonds. The lowest BCUT2D eigenvalue weighted by Gasteiger charge is -2.15. The number of carbonyl (C=O) groups is 1. The van der Waals surface area contributed by atoms with Crippen LogP contribution in [0.15, 0.2) is 24.5 Å². The zero-order valence-electron chi connectivity index (χ0n) is 13.1. The standard InChI is InChI=1S/C17H20O6/c1-9-12-8-23-17(21)14(12)15(20)11(16(9)22-3)6-4-5-7-13(19)10(2)18/h4-5,13,18-20H,2,6-8H2,1,3H3/b5-4+. The molecule has 0 spiro atoms. The van der Waals surface area contributed by atoms with Gasteiger partial charge in [0.25, 0.3) is 0 Å². The molecule has 1 heterocycles. The van der Waals surface area contributed by atoms with E-state index in [0.29, 0.717) is 23.3 Å². The smallest absolute Gasteiger partial charge is 0.342 e. The third kappa shape index (κ3) is 3.17. The average molecular weight is 320 g/mol. The number of hydrogen-bond acceptors (Lipinski definition) is 6. The summed E-state index contributed by atoms with van der Waals surface area (Å²) in [6.07, 6.45) is 2.85. The van der Waals surface area contributed by atoms with Gasteiger partial charge in [-0.25, -0.2) is 4.79 Å². The number of hydrogen-bond donors (Lipinski definition) is 3. The van der Waals surface area contributed by atoms with Crippen molar-refractivity contribution in [3.8, 4) is 11.5 Å². The predicted octanol–water partition coefficient (Wildman–Crippen LogP) is 2.30. The number of benzene rings is 1. The molecule has 2 rings (SSSR count). The molecule has 0 fully saturated rings. The summed E-state index contributed by atoms with van der Waals surface area (Å²) in [5, 5.41) is 28.9. The minimum absolute atomic E-state index is 0.130. The van der Waals surface area contributed by atoms with Crippen LogP contribution in [0.5, 0.6) is 11.5 Å². The van der Waals surface area contributed by atoms with E-state index in [1.165, 1.54) is 7.11 Å². The van der Waals surface area contributed by atoms with E-state index in [4.69, 9.17) is 14.6 Å². The van der Waals surface area contributed by atoms with E-state index in [1.807, 2.05) is 6.92 Å². The van der Waals surface area contributed by atoms with Gasteiger partial charge in [-0.15, -0.1) is 0 Å². The van der Waals surface area contributed by atoms with Gasteiger partial charge in [0.15, 0.2) is 0 Å². The van der Waals surface area contributed by atoms with Gasteiger partial charge >= 0.3 is 5.97 Å². The van der Waals surface area contributed by atoms with Crippen molar-refractivity contribution >= 4 is 5.97 Å². The molecule has 0 radical (unpaired) electrons. The van der Waals surface area contributed by atoms with Crippen molar-refractivity contribution in [3.05, 3.63) is 46.7 Å². The quantitative estimate of drug-likeness (QED) is 0.423. The number of ether oxygens (including phenoxy) is 2. The zero-order chi connectivity index (χ0) is 17.1. The topological polar surface area (TPSA) is 96.2 Å². The Kier molecular flexibility index (Phi) is 4.95. The first kappa shape index (κ1) is 16.9. The molecule has 0 aromatic heterocycles. The molecule has 0 bridgehead atoms. The Labute approximate surface area is 134 Å². The summed E-state index contributed by atoms with van der Waals surface area (Å²) in [7, 11) is 1.50. The second-order valence-corrected chi connectivity index (χ2v) is 5.33. The largest absolute Gasteiger partial charge is 0.510 e. The first-order chi connectivity index (χ1) is 10.9. The summed E-state index contributed by atoms with van der Waals surface area (Å²) in [5.41, 5.74) is 2.08. The molecule has 0 aliphatic carbocycles. The van der Waals surface area contributed by atoms with Crippen molar-refractivity contribution in [1.82, 2.24) is 0 Å². The zero-order valence-corrected chi connectivity index (χ0v) is 13.1. The first-order valence-corrected chi connectivity index (χ1v) is 7.17. The molecule has 1 aliphatic rings. The van der Waals surface area contributed by atoms with Gasteiger partial charge in [0.05, 0.1) is 7.11 Å². The van der Waals surface area contributed by atoms with Crippen molar-refractivity contribution in [2.24, 2.45) is 0 Å². The molecule has 0 saturated heterocycles. The Morgan fingerprint density at radius 3 is 2.78 bits per heavy atom. The SMILES string of the molecule is C=C(O)C(O)C/C=C/Cc1c(O)c2c(c(C)c1OC)COC2=O. The number of fused-ring (bicyclic) bond motifs is 1. The maximum absolute atomic E-state index is 11.8. The predicted molar refractivity (Wildman–Crippen MR) is 83.8 cm³/mol. The van der Waals surface area contributed by atoms with Gasteiger partial charge in [-0.3, -0.25) is 0 Å². The van der Waals surface area contributed by atoms with E-state index >= 15 is 0 Å². The van der Waals surface area contributed by atoms with Crippen molar-refractivity contribution in [2.75, 3.05) is 7.11 Å². The number of allylic oxidation sites excluding steroid dienone is 1. The van der Waals surface area contributed by atoms with Gasteiger partial charge in [0.1, 0.15) is 35.5 Å². The monoisotopic (exact) mass is 320 g/mol. The van der Waals surface area contributed by atoms with E-state index in [9.17, 15) is 15.0 Å². The van der Waals surface area contributed by atoms with Crippen LogP contribution in [0.2, 0.25) is 0 Å². The Morgan fingerprint density at radius 2 is 2.17 bits per heavy atom. The highest BCUT2D eigenvalue weighted by atomic mass is 16.5. The summed E-state index contributed by atoms with van der Waals surface area (Å²) in [4.78, 5) is 11.8. The lowest BCUT2D eigenvalue weighted by atomic mass is 9.95. The number of aliphatic hydroxyl groups is 2. The molecule has 6 heteroatoms. The van der Waals surface area contributed by atoms with E-state index < -0.39 is 12.1 Å². The summed E-state index contributed by atoms with van der Waals surface area (Å²) in [6.45, 7) is 5.19. The molecule has 3 N–H and O–H groups in total. The number of phenolic OH excluding ortho intramolecular Hbond substituents is 1. The van der Waals surface area contributed by atoms with Crippen molar-refractivity contribution < 1.29 is 29.6 Å². The van der Waals surface area contributed by atoms with Gasteiger partial charge in [-0.2, -0.15) is 0 Å². The Balaban J connectivity index is 2.30. The third-order valence-corrected chi connectivity index (χ3v) is 3.88. The van der Waals surface area contributed by atoms with E-state index in [-0.39, 0.29) is 30.1 Å². The molecule has 23 heavy (non-hydrogen) atoms. The fourth-order valence-electron chi connectivity index (χ4n) is 2.59. The highest BCUT2D eigenvalue weighted by molar-refractivity contribution is 5.98. The third-order valence-electron chi connectivity index (χ3n) is 3.88. The number of rotatable bonds is 6. The number of aliphatic hydroxyl groups excluding tert-OH is 2. The van der Waals surface area contributed by atoms with Gasteiger partial charge in [-0.05, 0) is 25.3 Å². The first-order valence-electron chi connectivity index (χ1n) is 7.17. The number of carbonyl (C=O) groups excluding carboxylic acids is 1. The lowest BCUT2D eigenvalue weighted by Crippen LogP contribution is -2.07. The number of phenols is 1. The fourth-order valence-corrected chi connectivity index (χ4v) is 2.59. The molecule has 1 aromatic carbocycles. The van der Waals surface area contributed by atoms with Gasteiger partial charge in [0.2, 0.25) is 0 Å². The second kappa shape index (κ2) is 6.75. The highest BCUT2D eigenvalue weighted by Crippen LogP contribution is 2.41. The number of aromatic hydroxyl groups is 1. The number of esters is 1. The summed E-state index contributed by atoms with van der Waals surface area (Å²) >= 11 is 0. The fraction of sp³-hybridized carbons (Fsp3) is 0.353. The molecule has 124 valence electrons. The summed E-state index contributed by atoms with van der Waals surface area (Å²) in [5.74, 6) is -0.468. The summed E-state index contributed by atoms with van der Waals surface area (Å²) < 4.78 is 10.3. The Hall–Kier alpha value is -2.47. The van der Waals surface area contributed by atoms with E-state index in [2.05, 4.69) is 6.58 Å². The molecule has 1 atom stereocenters. The van der Waals surface area contributed by atoms with Crippen LogP contribution in [-0.2, 0) is 17.8 Å². The minimum atomic E-state index is -1.03. The molecule has 1 aliphatic heterocycles. The van der Waals surface area contributed by atoms with Crippen LogP contribution in [0.4, 0.5) is 0 Å². The van der Waals surface area contributed by atoms with Gasteiger partial charge in [0, 0.05) is 11.1 Å². The van der Waals surface area contributed by atoms with Crippen LogP contribution < -0.4 is 4.74 Å². The van der Waals surface area contributed by atoms with Crippen molar-refractivity contribution in [1.29, 1.82) is 0 Å². The average Bonchev–Trinajstić information content (AvgIpc) is 2.90. The van der Waals surface area contributed by atoms with E-state index in [1.54, 1.807) is 12.2 Å². The molecule has 0 saturated carbocycles. The van der Waals surface area contributed by atoms with Crippen LogP contribution in [0, 0.1) is 6.92 Å². The number of cyclic esters (lactones) is 1. The van der Waals surface area contributed by atoms with Crippen LogP contribution in [0.25, 0.3) is 0 Å². The molecular weight excluding hydrogens is 300 g/mol. The van der Waals surface area contributed by atoms with Crippen molar-refractivity contribution in [2.45, 2.75) is 32.5 Å². The minimum Gasteiger partial charge on any atom is -0.510 e. The summed E-state index contributed by atoms with van der Waals surface area (Å²) in [6, 6.07) is 0. The normalized spacial score (nSPS) is 14.7. The van der Waals surface area contributed by atoms with Crippen LogP contribution >= 0.6 is 0 Å². The Bertz CT molecular complexity index is 674. The maximum Gasteiger partial charge on any atom is 0.342 e. The highest BCUT2D eigenvalue weighted by Gasteiger charge is 2.31. The van der Waals surface area contributed by atoms with Crippen molar-refractivity contribution in [3.63, 3.8) is 0 Å². The molecule has 1 aromatic rings. The van der Waals surface area contributed by atoms with E-state index in [0.717, 1.165) is 5.56 Å². The molecular formula is C17H20O6. The Morgan fingerprint density at radius 1 is 1.48 bits per heavy atom. The number of methoxy groups -OCH3 is 1. The lowest BCUT2D eigenvalue weighted by molar-refractivity contribution is 0.0533.